The van der Waals surface area contributed by atoms with Crippen LogP contribution in [0.4, 0.5) is 5.69 Å². The highest BCUT2D eigenvalue weighted by atomic mass is 32.2. The van der Waals surface area contributed by atoms with Crippen LogP contribution in [0.3, 0.4) is 0 Å². The van der Waals surface area contributed by atoms with Crippen LogP contribution in [0.2, 0.25) is 0 Å². The largest absolute Gasteiger partial charge is 0.379 e. The van der Waals surface area contributed by atoms with E-state index in [1.165, 1.54) is 10.4 Å². The Labute approximate surface area is 179 Å². The van der Waals surface area contributed by atoms with Crippen molar-refractivity contribution in [1.82, 2.24) is 4.31 Å². The summed E-state index contributed by atoms with van der Waals surface area (Å²) in [4.78, 5) is 13.2. The molecule has 0 bridgehead atoms. The maximum atomic E-state index is 13.2. The molecule has 1 saturated heterocycles. The average molecular weight is 431 g/mol. The molecule has 1 heterocycles. The molecular formula is C23H30N2O4S. The van der Waals surface area contributed by atoms with Gasteiger partial charge in [0.25, 0.3) is 5.91 Å². The van der Waals surface area contributed by atoms with Crippen molar-refractivity contribution in [3.05, 3.63) is 59.2 Å². The number of carbonyl (C=O) groups is 1. The smallest absolute Gasteiger partial charge is 0.255 e. The number of rotatable bonds is 5. The lowest BCUT2D eigenvalue weighted by Crippen LogP contribution is -2.41. The van der Waals surface area contributed by atoms with Crippen LogP contribution in [-0.4, -0.2) is 44.9 Å². The molecule has 3 rings (SSSR count). The number of anilines is 1. The number of amides is 1. The predicted molar refractivity (Wildman–Crippen MR) is 118 cm³/mol. The fourth-order valence-electron chi connectivity index (χ4n) is 3.59. The fourth-order valence-corrected chi connectivity index (χ4v) is 5.32. The van der Waals surface area contributed by atoms with Gasteiger partial charge in [-0.1, -0.05) is 52.0 Å². The van der Waals surface area contributed by atoms with Crippen LogP contribution in [0, 0.1) is 0 Å². The van der Waals surface area contributed by atoms with Crippen LogP contribution in [0.25, 0.3) is 0 Å². The van der Waals surface area contributed by atoms with Gasteiger partial charge >= 0.3 is 0 Å². The maximum absolute atomic E-state index is 13.2. The van der Waals surface area contributed by atoms with Gasteiger partial charge in [0.1, 0.15) is 0 Å². The van der Waals surface area contributed by atoms with E-state index in [0.717, 1.165) is 11.3 Å². The average Bonchev–Trinajstić information content (AvgIpc) is 2.73. The second-order valence-electron chi connectivity index (χ2n) is 8.44. The molecule has 1 N–H and O–H groups in total. The van der Waals surface area contributed by atoms with Gasteiger partial charge in [0, 0.05) is 24.3 Å². The standard InChI is InChI=1S/C23H30N2O4S/c1-5-17-10-11-18(16-21(17)30(27,28)25-12-14-29-15-13-25)22(26)24-20-9-7-6-8-19(20)23(2,3)4/h6-11,16H,5,12-15H2,1-4H3,(H,24,26). The lowest BCUT2D eigenvalue weighted by molar-refractivity contribution is 0.0730. The summed E-state index contributed by atoms with van der Waals surface area (Å²) in [6, 6.07) is 12.6. The van der Waals surface area contributed by atoms with E-state index in [-0.39, 0.29) is 16.2 Å². The molecule has 0 spiro atoms. The number of para-hydroxylation sites is 1. The zero-order chi connectivity index (χ0) is 21.9. The maximum Gasteiger partial charge on any atom is 0.255 e. The molecule has 30 heavy (non-hydrogen) atoms. The van der Waals surface area contributed by atoms with Crippen molar-refractivity contribution in [3.63, 3.8) is 0 Å². The molecule has 162 valence electrons. The minimum absolute atomic E-state index is 0.138. The first kappa shape index (κ1) is 22.5. The second kappa shape index (κ2) is 8.88. The highest BCUT2D eigenvalue weighted by Crippen LogP contribution is 2.30. The lowest BCUT2D eigenvalue weighted by atomic mass is 9.86. The number of aryl methyl sites for hydroxylation is 1. The van der Waals surface area contributed by atoms with Crippen molar-refractivity contribution >= 4 is 21.6 Å². The molecule has 6 nitrogen and oxygen atoms in total. The molecule has 0 aromatic heterocycles. The summed E-state index contributed by atoms with van der Waals surface area (Å²) < 4.78 is 33.2. The Bertz CT molecular complexity index is 1020. The van der Waals surface area contributed by atoms with Gasteiger partial charge in [-0.15, -0.1) is 0 Å². The minimum Gasteiger partial charge on any atom is -0.379 e. The third-order valence-corrected chi connectivity index (χ3v) is 7.26. The first-order valence-corrected chi connectivity index (χ1v) is 11.7. The highest BCUT2D eigenvalue weighted by Gasteiger charge is 2.29. The van der Waals surface area contributed by atoms with Gasteiger partial charge in [-0.05, 0) is 41.2 Å². The fraction of sp³-hybridized carbons (Fsp3) is 0.435. The number of morpholine rings is 1. The van der Waals surface area contributed by atoms with Gasteiger partial charge < -0.3 is 10.1 Å². The van der Waals surface area contributed by atoms with Crippen molar-refractivity contribution in [3.8, 4) is 0 Å². The number of nitrogens with one attached hydrogen (secondary N) is 1. The molecule has 7 heteroatoms. The first-order chi connectivity index (χ1) is 14.1. The van der Waals surface area contributed by atoms with Crippen LogP contribution in [-0.2, 0) is 26.6 Å². The van der Waals surface area contributed by atoms with E-state index < -0.39 is 10.0 Å². The quantitative estimate of drug-likeness (QED) is 0.782. The van der Waals surface area contributed by atoms with E-state index in [1.807, 2.05) is 31.2 Å². The molecule has 2 aromatic carbocycles. The van der Waals surface area contributed by atoms with Crippen molar-refractivity contribution in [2.24, 2.45) is 0 Å². The molecule has 0 atom stereocenters. The zero-order valence-electron chi connectivity index (χ0n) is 18.1. The van der Waals surface area contributed by atoms with E-state index in [4.69, 9.17) is 4.74 Å². The Hall–Kier alpha value is -2.22. The Morgan fingerprint density at radius 3 is 2.40 bits per heavy atom. The Morgan fingerprint density at radius 2 is 1.77 bits per heavy atom. The number of benzene rings is 2. The molecular weight excluding hydrogens is 400 g/mol. The van der Waals surface area contributed by atoms with E-state index in [1.54, 1.807) is 12.1 Å². The SMILES string of the molecule is CCc1ccc(C(=O)Nc2ccccc2C(C)(C)C)cc1S(=O)(=O)N1CCOCC1. The summed E-state index contributed by atoms with van der Waals surface area (Å²) in [5.41, 5.74) is 2.63. The number of sulfonamides is 1. The van der Waals surface area contributed by atoms with Crippen LogP contribution in [0.1, 0.15) is 49.2 Å². The van der Waals surface area contributed by atoms with E-state index in [9.17, 15) is 13.2 Å². The Kier molecular flexibility index (Phi) is 6.65. The summed E-state index contributed by atoms with van der Waals surface area (Å²) in [5.74, 6) is -0.326. The number of nitrogens with zero attached hydrogens (tertiary/aromatic N) is 1. The third kappa shape index (κ3) is 4.74. The van der Waals surface area contributed by atoms with Crippen LogP contribution in [0.5, 0.6) is 0 Å². The van der Waals surface area contributed by atoms with Crippen LogP contribution in [0.15, 0.2) is 47.4 Å². The molecule has 1 fully saturated rings. The molecule has 0 aliphatic carbocycles. The first-order valence-electron chi connectivity index (χ1n) is 10.3. The monoisotopic (exact) mass is 430 g/mol. The van der Waals surface area contributed by atoms with Crippen molar-refractivity contribution in [2.45, 2.75) is 44.4 Å². The molecule has 0 unspecified atom stereocenters. The van der Waals surface area contributed by atoms with Gasteiger partial charge in [0.15, 0.2) is 0 Å². The van der Waals surface area contributed by atoms with E-state index >= 15 is 0 Å². The molecule has 1 amide bonds. The summed E-state index contributed by atoms with van der Waals surface area (Å²) in [7, 11) is -3.69. The molecule has 1 aliphatic rings. The van der Waals surface area contributed by atoms with E-state index in [2.05, 4.69) is 26.1 Å². The molecule has 0 saturated carbocycles. The highest BCUT2D eigenvalue weighted by molar-refractivity contribution is 7.89. The number of hydrogen-bond acceptors (Lipinski definition) is 4. The van der Waals surface area contributed by atoms with Crippen molar-refractivity contribution < 1.29 is 17.9 Å². The summed E-state index contributed by atoms with van der Waals surface area (Å²) >= 11 is 0. The predicted octanol–water partition coefficient (Wildman–Crippen LogP) is 3.82. The van der Waals surface area contributed by atoms with E-state index in [0.29, 0.717) is 43.9 Å². The topological polar surface area (TPSA) is 75.7 Å². The Morgan fingerprint density at radius 1 is 1.10 bits per heavy atom. The van der Waals surface area contributed by atoms with Crippen LogP contribution >= 0.6 is 0 Å². The summed E-state index contributed by atoms with van der Waals surface area (Å²) in [6.45, 7) is 9.56. The number of hydrogen-bond donors (Lipinski definition) is 1. The third-order valence-electron chi connectivity index (χ3n) is 5.28. The van der Waals surface area contributed by atoms with Crippen LogP contribution < -0.4 is 5.32 Å². The summed E-state index contributed by atoms with van der Waals surface area (Å²) in [6.07, 6.45) is 0.563. The van der Waals surface area contributed by atoms with Crippen molar-refractivity contribution in [1.29, 1.82) is 0 Å². The van der Waals surface area contributed by atoms with Gasteiger partial charge in [-0.3, -0.25) is 4.79 Å². The van der Waals surface area contributed by atoms with Gasteiger partial charge in [0.05, 0.1) is 18.1 Å². The number of carbonyl (C=O) groups excluding carboxylic acids is 1. The van der Waals surface area contributed by atoms with Gasteiger partial charge in [-0.2, -0.15) is 4.31 Å². The molecule has 0 radical (unpaired) electrons. The summed E-state index contributed by atoms with van der Waals surface area (Å²) in [5, 5.41) is 2.96. The van der Waals surface area contributed by atoms with Gasteiger partial charge in [0.2, 0.25) is 10.0 Å². The minimum atomic E-state index is -3.69. The second-order valence-corrected chi connectivity index (χ2v) is 10.3. The van der Waals surface area contributed by atoms with Crippen molar-refractivity contribution in [2.75, 3.05) is 31.6 Å². The molecule has 2 aromatic rings. The number of ether oxygens (including phenoxy) is 1. The molecule has 1 aliphatic heterocycles. The lowest BCUT2D eigenvalue weighted by Gasteiger charge is -2.27. The van der Waals surface area contributed by atoms with Gasteiger partial charge in [-0.25, -0.2) is 8.42 Å². The normalized spacial score (nSPS) is 15.7. The Balaban J connectivity index is 1.95. The zero-order valence-corrected chi connectivity index (χ0v) is 18.9.